The van der Waals surface area contributed by atoms with Crippen molar-refractivity contribution in [2.75, 3.05) is 6.54 Å². The van der Waals surface area contributed by atoms with Crippen molar-refractivity contribution < 1.29 is 17.4 Å². The van der Waals surface area contributed by atoms with E-state index in [0.717, 1.165) is 10.9 Å². The highest BCUT2D eigenvalue weighted by atomic mass is 79.9. The van der Waals surface area contributed by atoms with E-state index < -0.39 is 22.1 Å². The zero-order chi connectivity index (χ0) is 13.2. The van der Waals surface area contributed by atoms with Crippen molar-refractivity contribution in [1.82, 2.24) is 5.32 Å². The van der Waals surface area contributed by atoms with Crippen molar-refractivity contribution in [2.24, 2.45) is 0 Å². The van der Waals surface area contributed by atoms with Gasteiger partial charge in [-0.15, -0.1) is 0 Å². The summed E-state index contributed by atoms with van der Waals surface area (Å²) in [5.41, 5.74) is 0. The smallest absolute Gasteiger partial charge is 0.341 e. The van der Waals surface area contributed by atoms with Crippen molar-refractivity contribution in [3.8, 4) is 0 Å². The van der Waals surface area contributed by atoms with Crippen LogP contribution in [0, 0.1) is 0 Å². The van der Waals surface area contributed by atoms with E-state index in [-0.39, 0.29) is 4.90 Å². The predicted molar refractivity (Wildman–Crippen MR) is 68.4 cm³/mol. The number of carbonyl (C=O) groups excluding carboxylic acids is 1. The Labute approximate surface area is 114 Å². The van der Waals surface area contributed by atoms with Crippen LogP contribution in [0.4, 0.5) is 0 Å². The topological polar surface area (TPSA) is 72.5 Å². The Morgan fingerprint density at radius 2 is 2.00 bits per heavy atom. The van der Waals surface area contributed by atoms with Gasteiger partial charge in [-0.3, -0.25) is 0 Å². The second-order valence-electron chi connectivity index (χ2n) is 3.96. The molecule has 1 aromatic carbocycles. The number of nitrogens with one attached hydrogen (secondary N) is 1. The van der Waals surface area contributed by atoms with E-state index in [0.29, 0.717) is 13.0 Å². The third kappa shape index (κ3) is 3.09. The number of hydrogen-bond donors (Lipinski definition) is 1. The molecule has 0 spiro atoms. The van der Waals surface area contributed by atoms with E-state index in [1.807, 2.05) is 0 Å². The maximum absolute atomic E-state index is 11.8. The molecule has 1 aliphatic heterocycles. The summed E-state index contributed by atoms with van der Waals surface area (Å²) in [6.45, 7) is 0.706. The van der Waals surface area contributed by atoms with E-state index >= 15 is 0 Å². The molecular formula is C11H12BrNO4S. The molecule has 18 heavy (non-hydrogen) atoms. The van der Waals surface area contributed by atoms with Gasteiger partial charge in [0.1, 0.15) is 10.9 Å². The summed E-state index contributed by atoms with van der Waals surface area (Å²) in [7, 11) is -4.02. The SMILES string of the molecule is O=C(OS(=O)(=O)c1ccc(Br)cc1)[C@@H]1CCCN1. The molecule has 0 bridgehead atoms. The Hall–Kier alpha value is -0.920. The summed E-state index contributed by atoms with van der Waals surface area (Å²) in [4.78, 5) is 11.6. The molecule has 1 N–H and O–H groups in total. The molecular weight excluding hydrogens is 322 g/mol. The van der Waals surface area contributed by atoms with Gasteiger partial charge in [0.25, 0.3) is 0 Å². The summed E-state index contributed by atoms with van der Waals surface area (Å²) in [6, 6.07) is 5.40. The summed E-state index contributed by atoms with van der Waals surface area (Å²) in [5.74, 6) is -0.740. The monoisotopic (exact) mass is 333 g/mol. The van der Waals surface area contributed by atoms with Gasteiger partial charge in [-0.25, -0.2) is 4.79 Å². The summed E-state index contributed by atoms with van der Waals surface area (Å²) < 4.78 is 29.0. The number of halogens is 1. The fraction of sp³-hybridized carbons (Fsp3) is 0.364. The lowest BCUT2D eigenvalue weighted by atomic mass is 10.2. The normalized spacial score (nSPS) is 19.7. The summed E-state index contributed by atoms with van der Waals surface area (Å²) >= 11 is 3.20. The minimum atomic E-state index is -4.02. The molecule has 1 heterocycles. The van der Waals surface area contributed by atoms with Crippen LogP contribution >= 0.6 is 15.9 Å². The lowest BCUT2D eigenvalue weighted by Crippen LogP contribution is -2.33. The first-order chi connectivity index (χ1) is 8.49. The van der Waals surface area contributed by atoms with Gasteiger partial charge in [-0.05, 0) is 43.7 Å². The van der Waals surface area contributed by atoms with E-state index in [1.165, 1.54) is 12.1 Å². The highest BCUT2D eigenvalue weighted by molar-refractivity contribution is 9.10. The molecule has 0 saturated carbocycles. The van der Waals surface area contributed by atoms with Crippen LogP contribution in [0.25, 0.3) is 0 Å². The molecule has 7 heteroatoms. The first kappa shape index (κ1) is 13.5. The number of benzene rings is 1. The van der Waals surface area contributed by atoms with Gasteiger partial charge in [0.05, 0.1) is 0 Å². The Bertz CT molecular complexity index is 535. The molecule has 2 rings (SSSR count). The third-order valence-corrected chi connectivity index (χ3v) is 4.40. The zero-order valence-corrected chi connectivity index (χ0v) is 11.8. The maximum atomic E-state index is 11.8. The molecule has 1 saturated heterocycles. The van der Waals surface area contributed by atoms with E-state index in [1.54, 1.807) is 12.1 Å². The van der Waals surface area contributed by atoms with Crippen LogP contribution in [-0.4, -0.2) is 27.0 Å². The van der Waals surface area contributed by atoms with Crippen LogP contribution in [0.15, 0.2) is 33.6 Å². The van der Waals surface area contributed by atoms with Gasteiger partial charge in [0, 0.05) is 4.47 Å². The van der Waals surface area contributed by atoms with Crippen LogP contribution < -0.4 is 5.32 Å². The summed E-state index contributed by atoms with van der Waals surface area (Å²) in [5, 5.41) is 2.89. The van der Waals surface area contributed by atoms with Gasteiger partial charge in [0.2, 0.25) is 0 Å². The number of rotatable bonds is 3. The highest BCUT2D eigenvalue weighted by Gasteiger charge is 2.28. The largest absolute Gasteiger partial charge is 0.341 e. The quantitative estimate of drug-likeness (QED) is 0.847. The van der Waals surface area contributed by atoms with Crippen LogP contribution in [0.1, 0.15) is 12.8 Å². The predicted octanol–water partition coefficient (Wildman–Crippen LogP) is 1.43. The molecule has 0 aromatic heterocycles. The van der Waals surface area contributed by atoms with Crippen molar-refractivity contribution in [1.29, 1.82) is 0 Å². The Balaban J connectivity index is 2.11. The van der Waals surface area contributed by atoms with Gasteiger partial charge in [-0.2, -0.15) is 8.42 Å². The average molecular weight is 334 g/mol. The Kier molecular flexibility index (Phi) is 4.04. The average Bonchev–Trinajstić information content (AvgIpc) is 2.82. The summed E-state index contributed by atoms with van der Waals surface area (Å²) in [6.07, 6.45) is 1.45. The molecule has 98 valence electrons. The van der Waals surface area contributed by atoms with Gasteiger partial charge < -0.3 is 9.50 Å². The molecule has 0 amide bonds. The van der Waals surface area contributed by atoms with Crippen molar-refractivity contribution >= 4 is 32.0 Å². The van der Waals surface area contributed by atoms with Crippen LogP contribution in [0.2, 0.25) is 0 Å². The van der Waals surface area contributed by atoms with Crippen molar-refractivity contribution in [3.05, 3.63) is 28.7 Å². The molecule has 1 aromatic rings. The number of carbonyl (C=O) groups is 1. The van der Waals surface area contributed by atoms with E-state index in [4.69, 9.17) is 0 Å². The van der Waals surface area contributed by atoms with Crippen LogP contribution in [0.3, 0.4) is 0 Å². The lowest BCUT2D eigenvalue weighted by Gasteiger charge is -2.10. The number of hydrogen-bond acceptors (Lipinski definition) is 5. The van der Waals surface area contributed by atoms with Crippen molar-refractivity contribution in [3.63, 3.8) is 0 Å². The fourth-order valence-electron chi connectivity index (χ4n) is 1.70. The minimum absolute atomic E-state index is 0.0305. The van der Waals surface area contributed by atoms with Crippen LogP contribution in [-0.2, 0) is 19.1 Å². The molecule has 1 atom stereocenters. The minimum Gasteiger partial charge on any atom is -0.341 e. The van der Waals surface area contributed by atoms with E-state index in [9.17, 15) is 13.2 Å². The van der Waals surface area contributed by atoms with Crippen LogP contribution in [0.5, 0.6) is 0 Å². The van der Waals surface area contributed by atoms with Gasteiger partial charge in [-0.1, -0.05) is 15.9 Å². The highest BCUT2D eigenvalue weighted by Crippen LogP contribution is 2.18. The second-order valence-corrected chi connectivity index (χ2v) is 6.42. The Morgan fingerprint density at radius 1 is 1.33 bits per heavy atom. The van der Waals surface area contributed by atoms with E-state index in [2.05, 4.69) is 25.4 Å². The molecule has 1 aliphatic rings. The van der Waals surface area contributed by atoms with Crippen molar-refractivity contribution in [2.45, 2.75) is 23.8 Å². The molecule has 1 fully saturated rings. The zero-order valence-electron chi connectivity index (χ0n) is 9.43. The standard InChI is InChI=1S/C11H12BrNO4S/c12-8-3-5-9(6-4-8)18(15,16)17-11(14)10-2-1-7-13-10/h3-6,10,13H,1-2,7H2/t10-/m0/s1. The first-order valence-electron chi connectivity index (χ1n) is 5.46. The first-order valence-corrected chi connectivity index (χ1v) is 7.66. The van der Waals surface area contributed by atoms with Gasteiger partial charge in [0.15, 0.2) is 0 Å². The lowest BCUT2D eigenvalue weighted by molar-refractivity contribution is -0.135. The third-order valence-electron chi connectivity index (χ3n) is 2.64. The second kappa shape index (κ2) is 5.38. The molecule has 0 aliphatic carbocycles. The van der Waals surface area contributed by atoms with Gasteiger partial charge >= 0.3 is 16.1 Å². The Morgan fingerprint density at radius 3 is 2.56 bits per heavy atom. The molecule has 0 unspecified atom stereocenters. The molecule has 0 radical (unpaired) electrons. The maximum Gasteiger partial charge on any atom is 0.341 e. The molecule has 5 nitrogen and oxygen atoms in total. The fourth-order valence-corrected chi connectivity index (χ4v) is 2.86.